The van der Waals surface area contributed by atoms with Crippen LogP contribution in [0.15, 0.2) is 28.7 Å². The minimum Gasteiger partial charge on any atom is -0.480 e. The highest BCUT2D eigenvalue weighted by molar-refractivity contribution is 9.10. The van der Waals surface area contributed by atoms with Gasteiger partial charge in [-0.15, -0.1) is 0 Å². The van der Waals surface area contributed by atoms with Crippen LogP contribution < -0.4 is 5.32 Å². The average Bonchev–Trinajstić information content (AvgIpc) is 2.27. The van der Waals surface area contributed by atoms with Crippen LogP contribution in [0.3, 0.4) is 0 Å². The Balaban J connectivity index is 2.75. The van der Waals surface area contributed by atoms with E-state index < -0.39 is 30.8 Å². The summed E-state index contributed by atoms with van der Waals surface area (Å²) in [5, 5.41) is 10.8. The number of nitrogens with one attached hydrogen (secondary N) is 1. The molecule has 1 aromatic carbocycles. The van der Waals surface area contributed by atoms with E-state index in [4.69, 9.17) is 5.11 Å². The lowest BCUT2D eigenvalue weighted by molar-refractivity contribution is -0.140. The van der Waals surface area contributed by atoms with Gasteiger partial charge < -0.3 is 10.4 Å². The van der Waals surface area contributed by atoms with Crippen molar-refractivity contribution in [1.29, 1.82) is 0 Å². The largest absolute Gasteiger partial charge is 0.480 e. The molecule has 1 amide bonds. The summed E-state index contributed by atoms with van der Waals surface area (Å²) in [7, 11) is 0. The van der Waals surface area contributed by atoms with Crippen molar-refractivity contribution in [2.24, 2.45) is 0 Å². The Bertz CT molecular complexity index is 454. The van der Waals surface area contributed by atoms with Crippen molar-refractivity contribution in [1.82, 2.24) is 5.32 Å². The summed E-state index contributed by atoms with van der Waals surface area (Å²) in [4.78, 5) is 22.4. The molecular weight excluding hydrogens is 312 g/mol. The van der Waals surface area contributed by atoms with E-state index in [9.17, 15) is 18.4 Å². The smallest absolute Gasteiger partial charge is 0.326 e. The van der Waals surface area contributed by atoms with E-state index in [0.29, 0.717) is 4.47 Å². The highest BCUT2D eigenvalue weighted by Gasteiger charge is 2.24. The lowest BCUT2D eigenvalue weighted by Gasteiger charge is -2.14. The van der Waals surface area contributed by atoms with E-state index in [2.05, 4.69) is 21.2 Å². The van der Waals surface area contributed by atoms with Crippen molar-refractivity contribution < 1.29 is 23.5 Å². The Morgan fingerprint density at radius 1 is 1.39 bits per heavy atom. The third kappa shape index (κ3) is 4.40. The van der Waals surface area contributed by atoms with Crippen LogP contribution in [0.2, 0.25) is 0 Å². The number of carboxylic acid groups (broad SMARTS) is 1. The lowest BCUT2D eigenvalue weighted by atomic mass is 10.1. The molecule has 0 fully saturated rings. The van der Waals surface area contributed by atoms with E-state index in [0.717, 1.165) is 0 Å². The molecule has 98 valence electrons. The second-order valence-electron chi connectivity index (χ2n) is 3.50. The van der Waals surface area contributed by atoms with Gasteiger partial charge in [-0.3, -0.25) is 4.79 Å². The third-order valence-corrected chi connectivity index (χ3v) is 2.60. The molecule has 0 aliphatic carbocycles. The molecule has 0 saturated heterocycles. The standard InChI is InChI=1S/C11H10BrF2NO3/c12-7-3-1-2-6(4-7)10(16)15-8(11(17)18)5-9(13)14/h1-4,8-9H,5H2,(H,15,16)(H,17,18). The highest BCUT2D eigenvalue weighted by Crippen LogP contribution is 2.12. The van der Waals surface area contributed by atoms with Gasteiger partial charge in [0.15, 0.2) is 0 Å². The number of carboxylic acids is 1. The number of amides is 1. The highest BCUT2D eigenvalue weighted by atomic mass is 79.9. The van der Waals surface area contributed by atoms with Crippen molar-refractivity contribution in [2.45, 2.75) is 18.9 Å². The molecule has 7 heteroatoms. The van der Waals surface area contributed by atoms with Crippen LogP contribution in [-0.4, -0.2) is 29.5 Å². The van der Waals surface area contributed by atoms with Crippen molar-refractivity contribution in [2.75, 3.05) is 0 Å². The second kappa shape index (κ2) is 6.44. The van der Waals surface area contributed by atoms with E-state index in [1.165, 1.54) is 12.1 Å². The summed E-state index contributed by atoms with van der Waals surface area (Å²) in [6, 6.07) is 4.60. The van der Waals surface area contributed by atoms with Crippen molar-refractivity contribution in [3.05, 3.63) is 34.3 Å². The molecule has 0 aliphatic heterocycles. The molecule has 1 atom stereocenters. The molecule has 0 radical (unpaired) electrons. The molecule has 0 spiro atoms. The zero-order chi connectivity index (χ0) is 13.7. The zero-order valence-corrected chi connectivity index (χ0v) is 10.7. The molecule has 0 aliphatic rings. The Labute approximate surface area is 110 Å². The number of rotatable bonds is 5. The number of benzene rings is 1. The molecule has 0 aromatic heterocycles. The van der Waals surface area contributed by atoms with Gasteiger partial charge in [-0.1, -0.05) is 22.0 Å². The summed E-state index contributed by atoms with van der Waals surface area (Å²) in [6.07, 6.45) is -3.72. The maximum Gasteiger partial charge on any atom is 0.326 e. The van der Waals surface area contributed by atoms with Crippen molar-refractivity contribution in [3.63, 3.8) is 0 Å². The molecule has 2 N–H and O–H groups in total. The van der Waals surface area contributed by atoms with E-state index in [1.807, 2.05) is 0 Å². The summed E-state index contributed by atoms with van der Waals surface area (Å²) >= 11 is 3.15. The fourth-order valence-electron chi connectivity index (χ4n) is 1.27. The predicted octanol–water partition coefficient (Wildman–Crippen LogP) is 2.29. The van der Waals surface area contributed by atoms with E-state index >= 15 is 0 Å². The maximum absolute atomic E-state index is 12.1. The number of halogens is 3. The monoisotopic (exact) mass is 321 g/mol. The number of aliphatic carboxylic acids is 1. The fraction of sp³-hybridized carbons (Fsp3) is 0.273. The predicted molar refractivity (Wildman–Crippen MR) is 63.7 cm³/mol. The van der Waals surface area contributed by atoms with Gasteiger partial charge in [-0.05, 0) is 18.2 Å². The topological polar surface area (TPSA) is 66.4 Å². The first kappa shape index (κ1) is 14.6. The minimum atomic E-state index is -2.80. The van der Waals surface area contributed by atoms with Crippen molar-refractivity contribution >= 4 is 27.8 Å². The molecule has 0 saturated carbocycles. The summed E-state index contributed by atoms with van der Waals surface area (Å²) < 4.78 is 24.9. The Morgan fingerprint density at radius 3 is 2.56 bits per heavy atom. The average molecular weight is 322 g/mol. The van der Waals surface area contributed by atoms with Crippen LogP contribution in [0.1, 0.15) is 16.8 Å². The summed E-state index contributed by atoms with van der Waals surface area (Å²) in [5.41, 5.74) is 0.199. The molecule has 1 rings (SSSR count). The van der Waals surface area contributed by atoms with Crippen LogP contribution in [0.4, 0.5) is 8.78 Å². The third-order valence-electron chi connectivity index (χ3n) is 2.10. The molecule has 1 unspecified atom stereocenters. The van der Waals surface area contributed by atoms with Gasteiger partial charge in [0.1, 0.15) is 6.04 Å². The maximum atomic E-state index is 12.1. The lowest BCUT2D eigenvalue weighted by Crippen LogP contribution is -2.42. The zero-order valence-electron chi connectivity index (χ0n) is 9.07. The summed E-state index contributed by atoms with van der Waals surface area (Å²) in [6.45, 7) is 0. The Kier molecular flexibility index (Phi) is 5.21. The molecule has 4 nitrogen and oxygen atoms in total. The molecule has 0 heterocycles. The Hall–Kier alpha value is -1.50. The number of alkyl halides is 2. The van der Waals surface area contributed by atoms with Crippen LogP contribution in [-0.2, 0) is 4.79 Å². The molecular formula is C11H10BrF2NO3. The quantitative estimate of drug-likeness (QED) is 0.874. The van der Waals surface area contributed by atoms with Gasteiger partial charge in [-0.25, -0.2) is 13.6 Å². The minimum absolute atomic E-state index is 0.199. The first-order valence-electron chi connectivity index (χ1n) is 4.97. The SMILES string of the molecule is O=C(NC(CC(F)F)C(=O)O)c1cccc(Br)c1. The first-order valence-corrected chi connectivity index (χ1v) is 5.77. The van der Waals surface area contributed by atoms with E-state index in [1.54, 1.807) is 12.1 Å². The van der Waals surface area contributed by atoms with Crippen LogP contribution in [0.25, 0.3) is 0 Å². The van der Waals surface area contributed by atoms with Crippen LogP contribution >= 0.6 is 15.9 Å². The summed E-state index contributed by atoms with van der Waals surface area (Å²) in [5.74, 6) is -2.19. The Morgan fingerprint density at radius 2 is 2.06 bits per heavy atom. The normalized spacial score (nSPS) is 12.2. The second-order valence-corrected chi connectivity index (χ2v) is 4.42. The number of hydrogen-bond donors (Lipinski definition) is 2. The first-order chi connectivity index (χ1) is 8.40. The van der Waals surface area contributed by atoms with Gasteiger partial charge >= 0.3 is 5.97 Å². The van der Waals surface area contributed by atoms with Gasteiger partial charge in [0, 0.05) is 16.5 Å². The van der Waals surface area contributed by atoms with Gasteiger partial charge in [0.05, 0.1) is 0 Å². The molecule has 0 bridgehead atoms. The fourth-order valence-corrected chi connectivity index (χ4v) is 1.67. The number of hydrogen-bond acceptors (Lipinski definition) is 2. The van der Waals surface area contributed by atoms with Crippen LogP contribution in [0, 0.1) is 0 Å². The van der Waals surface area contributed by atoms with E-state index in [-0.39, 0.29) is 5.56 Å². The van der Waals surface area contributed by atoms with Gasteiger partial charge in [0.2, 0.25) is 6.43 Å². The number of carbonyl (C=O) groups is 2. The van der Waals surface area contributed by atoms with Crippen molar-refractivity contribution in [3.8, 4) is 0 Å². The molecule has 18 heavy (non-hydrogen) atoms. The van der Waals surface area contributed by atoms with Gasteiger partial charge in [-0.2, -0.15) is 0 Å². The number of carbonyl (C=O) groups excluding carboxylic acids is 1. The molecule has 1 aromatic rings. The van der Waals surface area contributed by atoms with Crippen LogP contribution in [0.5, 0.6) is 0 Å². The van der Waals surface area contributed by atoms with Gasteiger partial charge in [0.25, 0.3) is 5.91 Å².